The number of likely N-dealkylation sites (N-methyl/N-ethyl adjacent to an activating group) is 1. The quantitative estimate of drug-likeness (QED) is 0.713. The Kier molecular flexibility index (Phi) is 4.95. The third kappa shape index (κ3) is 3.11. The van der Waals surface area contributed by atoms with Crippen molar-refractivity contribution in [2.75, 3.05) is 32.1 Å². The van der Waals surface area contributed by atoms with Crippen molar-refractivity contribution in [3.8, 4) is 11.5 Å². The predicted molar refractivity (Wildman–Crippen MR) is 104 cm³/mol. The molecule has 0 aromatic heterocycles. The number of nitrogens with zero attached hydrogens (tertiary/aromatic N) is 2. The summed E-state index contributed by atoms with van der Waals surface area (Å²) in [7, 11) is 1.65. The van der Waals surface area contributed by atoms with Crippen molar-refractivity contribution in [2.24, 2.45) is 0 Å². The molecule has 4 amide bonds. The van der Waals surface area contributed by atoms with Crippen LogP contribution in [0, 0.1) is 0 Å². The molecule has 0 unspecified atom stereocenters. The predicted octanol–water partition coefficient (Wildman–Crippen LogP) is 2.76. The maximum absolute atomic E-state index is 13.0. The maximum atomic E-state index is 13.0. The molecule has 150 valence electrons. The van der Waals surface area contributed by atoms with E-state index in [0.29, 0.717) is 47.7 Å². The van der Waals surface area contributed by atoms with Crippen LogP contribution in [-0.2, 0) is 9.59 Å². The Morgan fingerprint density at radius 1 is 1.14 bits per heavy atom. The molecule has 1 spiro atoms. The van der Waals surface area contributed by atoms with Gasteiger partial charge in [0.1, 0.15) is 25.3 Å². The SMILES string of the molecule is CN1C(=O)N(CC(=O)Nc2cc3c(cc2Br)OCCO3)C(=O)C12CCCCC2. The normalized spacial score (nSPS) is 20.6. The second kappa shape index (κ2) is 7.27. The van der Waals surface area contributed by atoms with Gasteiger partial charge in [0.15, 0.2) is 11.5 Å². The van der Waals surface area contributed by atoms with E-state index in [1.165, 1.54) is 4.90 Å². The summed E-state index contributed by atoms with van der Waals surface area (Å²) >= 11 is 3.40. The van der Waals surface area contributed by atoms with Gasteiger partial charge in [-0.3, -0.25) is 14.5 Å². The molecule has 8 nitrogen and oxygen atoms in total. The number of carbonyl (C=O) groups excluding carboxylic acids is 3. The molecule has 1 saturated heterocycles. The zero-order valence-electron chi connectivity index (χ0n) is 15.6. The Morgan fingerprint density at radius 3 is 2.46 bits per heavy atom. The number of imide groups is 1. The van der Waals surface area contributed by atoms with Crippen LogP contribution in [0.2, 0.25) is 0 Å². The zero-order valence-corrected chi connectivity index (χ0v) is 17.2. The van der Waals surface area contributed by atoms with Gasteiger partial charge in [-0.1, -0.05) is 19.3 Å². The van der Waals surface area contributed by atoms with Gasteiger partial charge in [0, 0.05) is 23.7 Å². The Hall–Kier alpha value is -2.29. The minimum absolute atomic E-state index is 0.268. The van der Waals surface area contributed by atoms with E-state index in [1.54, 1.807) is 19.2 Å². The first kappa shape index (κ1) is 19.0. The largest absolute Gasteiger partial charge is 0.486 e. The van der Waals surface area contributed by atoms with Gasteiger partial charge in [0.25, 0.3) is 5.91 Å². The second-order valence-electron chi connectivity index (χ2n) is 7.35. The molecule has 0 radical (unpaired) electrons. The summed E-state index contributed by atoms with van der Waals surface area (Å²) in [5, 5.41) is 2.75. The molecule has 0 bridgehead atoms. The number of carbonyl (C=O) groups is 3. The van der Waals surface area contributed by atoms with Crippen molar-refractivity contribution < 1.29 is 23.9 Å². The lowest BCUT2D eigenvalue weighted by Crippen LogP contribution is -2.49. The lowest BCUT2D eigenvalue weighted by atomic mass is 9.81. The highest BCUT2D eigenvalue weighted by Crippen LogP contribution is 2.40. The van der Waals surface area contributed by atoms with Crippen LogP contribution >= 0.6 is 15.9 Å². The average Bonchev–Trinajstić information content (AvgIpc) is 2.85. The van der Waals surface area contributed by atoms with E-state index >= 15 is 0 Å². The van der Waals surface area contributed by atoms with Gasteiger partial charge in [-0.15, -0.1) is 0 Å². The first-order chi connectivity index (χ1) is 13.4. The number of rotatable bonds is 3. The molecule has 1 aromatic rings. The van der Waals surface area contributed by atoms with E-state index < -0.39 is 17.5 Å². The lowest BCUT2D eigenvalue weighted by Gasteiger charge is -2.35. The number of benzene rings is 1. The molecule has 1 aliphatic carbocycles. The van der Waals surface area contributed by atoms with E-state index in [9.17, 15) is 14.4 Å². The molecule has 1 aromatic carbocycles. The minimum atomic E-state index is -0.785. The van der Waals surface area contributed by atoms with Crippen LogP contribution in [0.5, 0.6) is 11.5 Å². The fraction of sp³-hybridized carbons (Fsp3) is 0.526. The van der Waals surface area contributed by atoms with Crippen LogP contribution < -0.4 is 14.8 Å². The van der Waals surface area contributed by atoms with Crippen molar-refractivity contribution in [1.82, 2.24) is 9.80 Å². The number of hydrogen-bond donors (Lipinski definition) is 1. The lowest BCUT2D eigenvalue weighted by molar-refractivity contribution is -0.136. The molecule has 28 heavy (non-hydrogen) atoms. The van der Waals surface area contributed by atoms with Crippen molar-refractivity contribution in [3.63, 3.8) is 0 Å². The van der Waals surface area contributed by atoms with Crippen LogP contribution in [0.15, 0.2) is 16.6 Å². The smallest absolute Gasteiger partial charge is 0.327 e. The van der Waals surface area contributed by atoms with Gasteiger partial charge in [0.2, 0.25) is 5.91 Å². The summed E-state index contributed by atoms with van der Waals surface area (Å²) in [6.45, 7) is 0.595. The highest BCUT2D eigenvalue weighted by molar-refractivity contribution is 9.10. The van der Waals surface area contributed by atoms with Crippen molar-refractivity contribution in [1.29, 1.82) is 0 Å². The van der Waals surface area contributed by atoms with Crippen LogP contribution in [0.4, 0.5) is 10.5 Å². The minimum Gasteiger partial charge on any atom is -0.486 e. The van der Waals surface area contributed by atoms with Gasteiger partial charge in [-0.05, 0) is 28.8 Å². The molecule has 3 aliphatic rings. The van der Waals surface area contributed by atoms with Gasteiger partial charge in [-0.25, -0.2) is 4.79 Å². The van der Waals surface area contributed by atoms with E-state index in [4.69, 9.17) is 9.47 Å². The van der Waals surface area contributed by atoms with Crippen LogP contribution in [0.1, 0.15) is 32.1 Å². The Balaban J connectivity index is 1.48. The average molecular weight is 452 g/mol. The number of fused-ring (bicyclic) bond motifs is 1. The van der Waals surface area contributed by atoms with Crippen LogP contribution in [0.3, 0.4) is 0 Å². The zero-order chi connectivity index (χ0) is 19.9. The molecule has 2 aliphatic heterocycles. The maximum Gasteiger partial charge on any atom is 0.327 e. The van der Waals surface area contributed by atoms with Crippen molar-refractivity contribution >= 4 is 39.5 Å². The summed E-state index contributed by atoms with van der Waals surface area (Å²) in [5.74, 6) is 0.428. The molecule has 2 fully saturated rings. The summed E-state index contributed by atoms with van der Waals surface area (Å²) in [6.07, 6.45) is 4.19. The highest BCUT2D eigenvalue weighted by atomic mass is 79.9. The Labute approximate surface area is 171 Å². The molecule has 2 heterocycles. The van der Waals surface area contributed by atoms with Crippen LogP contribution in [-0.4, -0.2) is 60.0 Å². The first-order valence-corrected chi connectivity index (χ1v) is 10.2. The summed E-state index contributed by atoms with van der Waals surface area (Å²) in [4.78, 5) is 40.8. The third-order valence-electron chi connectivity index (χ3n) is 5.69. The van der Waals surface area contributed by atoms with Gasteiger partial charge >= 0.3 is 6.03 Å². The van der Waals surface area contributed by atoms with Gasteiger partial charge in [0.05, 0.1) is 5.69 Å². The third-order valence-corrected chi connectivity index (χ3v) is 6.35. The number of anilines is 1. The number of halogens is 1. The Morgan fingerprint density at radius 2 is 1.79 bits per heavy atom. The first-order valence-electron chi connectivity index (χ1n) is 9.41. The van der Waals surface area contributed by atoms with Gasteiger partial charge < -0.3 is 19.7 Å². The second-order valence-corrected chi connectivity index (χ2v) is 8.20. The standard InChI is InChI=1S/C19H22BrN3O5/c1-22-18(26)23(17(25)19(22)5-3-2-4-6-19)11-16(24)21-13-10-15-14(9-12(13)20)27-7-8-28-15/h9-10H,2-8,11H2,1H3,(H,21,24). The highest BCUT2D eigenvalue weighted by Gasteiger charge is 2.55. The molecule has 0 atom stereocenters. The fourth-order valence-corrected chi connectivity index (χ4v) is 4.59. The summed E-state index contributed by atoms with van der Waals surface area (Å²) in [6, 6.07) is 2.98. The van der Waals surface area contributed by atoms with E-state index in [1.807, 2.05) is 0 Å². The van der Waals surface area contributed by atoms with Gasteiger partial charge in [-0.2, -0.15) is 0 Å². The van der Waals surface area contributed by atoms with E-state index in [-0.39, 0.29) is 12.5 Å². The molecule has 4 rings (SSSR count). The van der Waals surface area contributed by atoms with Crippen molar-refractivity contribution in [3.05, 3.63) is 16.6 Å². The Bertz CT molecular complexity index is 837. The molecular weight excluding hydrogens is 430 g/mol. The van der Waals surface area contributed by atoms with Crippen LogP contribution in [0.25, 0.3) is 0 Å². The fourth-order valence-electron chi connectivity index (χ4n) is 4.16. The summed E-state index contributed by atoms with van der Waals surface area (Å²) in [5.41, 5.74) is -0.290. The monoisotopic (exact) mass is 451 g/mol. The topological polar surface area (TPSA) is 88.2 Å². The number of urea groups is 1. The molecule has 1 N–H and O–H groups in total. The number of ether oxygens (including phenoxy) is 2. The molecular formula is C19H22BrN3O5. The van der Waals surface area contributed by atoms with E-state index in [2.05, 4.69) is 21.2 Å². The number of hydrogen-bond acceptors (Lipinski definition) is 5. The number of amides is 4. The number of nitrogens with one attached hydrogen (secondary N) is 1. The summed E-state index contributed by atoms with van der Waals surface area (Å²) < 4.78 is 11.7. The molecule has 9 heteroatoms. The molecule has 1 saturated carbocycles. The van der Waals surface area contributed by atoms with E-state index in [0.717, 1.165) is 24.2 Å². The van der Waals surface area contributed by atoms with Crippen molar-refractivity contribution in [2.45, 2.75) is 37.6 Å².